The zero-order chi connectivity index (χ0) is 14.5. The second-order valence-electron chi connectivity index (χ2n) is 5.16. The summed E-state index contributed by atoms with van der Waals surface area (Å²) in [5.41, 5.74) is 3.96. The van der Waals surface area contributed by atoms with Crippen LogP contribution in [0.1, 0.15) is 23.6 Å². The van der Waals surface area contributed by atoms with Gasteiger partial charge in [0, 0.05) is 17.1 Å². The van der Waals surface area contributed by atoms with Crippen LogP contribution >= 0.6 is 27.5 Å². The predicted octanol–water partition coefficient (Wildman–Crippen LogP) is 5.13. The first kappa shape index (κ1) is 15.6. The third-order valence-electron chi connectivity index (χ3n) is 3.43. The number of halogens is 2. The van der Waals surface area contributed by atoms with Crippen LogP contribution in [0.15, 0.2) is 46.9 Å². The SMILES string of the molecule is Cc1ccccc1CC(C)NCc1ccc(Br)c(Cl)c1. The van der Waals surface area contributed by atoms with Gasteiger partial charge in [0.15, 0.2) is 0 Å². The normalized spacial score (nSPS) is 12.4. The summed E-state index contributed by atoms with van der Waals surface area (Å²) in [6.45, 7) is 5.21. The molecule has 0 radical (unpaired) electrons. The summed E-state index contributed by atoms with van der Waals surface area (Å²) in [6.07, 6.45) is 1.04. The number of hydrogen-bond acceptors (Lipinski definition) is 1. The minimum absolute atomic E-state index is 0.429. The van der Waals surface area contributed by atoms with Crippen molar-refractivity contribution in [3.8, 4) is 0 Å². The third-order valence-corrected chi connectivity index (χ3v) is 4.66. The lowest BCUT2D eigenvalue weighted by Crippen LogP contribution is -2.27. The standard InChI is InChI=1S/C17H19BrClN/c1-12-5-3-4-6-15(12)9-13(2)20-11-14-7-8-16(18)17(19)10-14/h3-8,10,13,20H,9,11H2,1-2H3. The van der Waals surface area contributed by atoms with Crippen LogP contribution in [0.25, 0.3) is 0 Å². The summed E-state index contributed by atoms with van der Waals surface area (Å²) < 4.78 is 0.941. The second-order valence-corrected chi connectivity index (χ2v) is 6.42. The molecule has 0 aliphatic rings. The summed E-state index contributed by atoms with van der Waals surface area (Å²) in [5, 5.41) is 4.31. The van der Waals surface area contributed by atoms with Crippen LogP contribution in [0.2, 0.25) is 5.02 Å². The monoisotopic (exact) mass is 351 g/mol. The highest BCUT2D eigenvalue weighted by Gasteiger charge is 2.06. The Bertz CT molecular complexity index is 583. The van der Waals surface area contributed by atoms with Crippen molar-refractivity contribution >= 4 is 27.5 Å². The Morgan fingerprint density at radius 2 is 1.95 bits per heavy atom. The third kappa shape index (κ3) is 4.34. The van der Waals surface area contributed by atoms with Crippen molar-refractivity contribution in [2.24, 2.45) is 0 Å². The Balaban J connectivity index is 1.90. The topological polar surface area (TPSA) is 12.0 Å². The van der Waals surface area contributed by atoms with Crippen LogP contribution in [0, 0.1) is 6.92 Å². The molecule has 2 aromatic carbocycles. The zero-order valence-corrected chi connectivity index (χ0v) is 14.1. The molecule has 1 nitrogen and oxygen atoms in total. The summed E-state index contributed by atoms with van der Waals surface area (Å²) >= 11 is 9.51. The molecule has 1 N–H and O–H groups in total. The molecule has 0 saturated carbocycles. The van der Waals surface area contributed by atoms with Crippen molar-refractivity contribution in [3.05, 3.63) is 68.7 Å². The van der Waals surface area contributed by atoms with Crippen LogP contribution in [-0.2, 0) is 13.0 Å². The van der Waals surface area contributed by atoms with Gasteiger partial charge in [0.1, 0.15) is 0 Å². The maximum absolute atomic E-state index is 6.11. The minimum atomic E-state index is 0.429. The molecule has 2 aromatic rings. The summed E-state index contributed by atoms with van der Waals surface area (Å²) in [4.78, 5) is 0. The lowest BCUT2D eigenvalue weighted by molar-refractivity contribution is 0.544. The molecule has 0 aliphatic carbocycles. The molecule has 0 heterocycles. The molecule has 0 bridgehead atoms. The van der Waals surface area contributed by atoms with Gasteiger partial charge in [0.05, 0.1) is 5.02 Å². The van der Waals surface area contributed by atoms with Crippen LogP contribution < -0.4 is 5.32 Å². The van der Waals surface area contributed by atoms with Crippen LogP contribution in [0.5, 0.6) is 0 Å². The molecule has 0 aliphatic heterocycles. The van der Waals surface area contributed by atoms with Crippen molar-refractivity contribution < 1.29 is 0 Å². The first-order valence-electron chi connectivity index (χ1n) is 6.78. The Labute approximate surface area is 134 Å². The van der Waals surface area contributed by atoms with Crippen molar-refractivity contribution in [3.63, 3.8) is 0 Å². The van der Waals surface area contributed by atoms with Gasteiger partial charge < -0.3 is 5.32 Å². The number of rotatable bonds is 5. The molecule has 0 amide bonds. The molecule has 1 unspecified atom stereocenters. The number of aryl methyl sites for hydroxylation is 1. The minimum Gasteiger partial charge on any atom is -0.310 e. The molecule has 0 fully saturated rings. The van der Waals surface area contributed by atoms with Crippen molar-refractivity contribution in [1.29, 1.82) is 0 Å². The van der Waals surface area contributed by atoms with Crippen molar-refractivity contribution in [2.45, 2.75) is 32.9 Å². The van der Waals surface area contributed by atoms with E-state index in [0.29, 0.717) is 6.04 Å². The van der Waals surface area contributed by atoms with Gasteiger partial charge in [-0.2, -0.15) is 0 Å². The van der Waals surface area contributed by atoms with E-state index in [2.05, 4.69) is 65.4 Å². The van der Waals surface area contributed by atoms with Gasteiger partial charge in [-0.15, -0.1) is 0 Å². The van der Waals surface area contributed by atoms with E-state index < -0.39 is 0 Å². The molecule has 106 valence electrons. The maximum Gasteiger partial charge on any atom is 0.0551 e. The Hall–Kier alpha value is -0.830. The highest BCUT2D eigenvalue weighted by Crippen LogP contribution is 2.23. The van der Waals surface area contributed by atoms with E-state index in [9.17, 15) is 0 Å². The fourth-order valence-electron chi connectivity index (χ4n) is 2.18. The fraction of sp³-hybridized carbons (Fsp3) is 0.294. The van der Waals surface area contributed by atoms with E-state index in [4.69, 9.17) is 11.6 Å². The maximum atomic E-state index is 6.11. The molecule has 0 saturated heterocycles. The highest BCUT2D eigenvalue weighted by atomic mass is 79.9. The molecular formula is C17H19BrClN. The molecule has 3 heteroatoms. The quantitative estimate of drug-likeness (QED) is 0.786. The van der Waals surface area contributed by atoms with Crippen LogP contribution in [0.4, 0.5) is 0 Å². The average molecular weight is 353 g/mol. The molecule has 20 heavy (non-hydrogen) atoms. The molecule has 0 spiro atoms. The van der Waals surface area contributed by atoms with Gasteiger partial charge in [-0.3, -0.25) is 0 Å². The van der Waals surface area contributed by atoms with E-state index in [1.165, 1.54) is 16.7 Å². The molecular weight excluding hydrogens is 334 g/mol. The van der Waals surface area contributed by atoms with Gasteiger partial charge in [0.2, 0.25) is 0 Å². The zero-order valence-electron chi connectivity index (χ0n) is 11.8. The number of benzene rings is 2. The Morgan fingerprint density at radius 3 is 2.65 bits per heavy atom. The molecule has 2 rings (SSSR count). The van der Waals surface area contributed by atoms with Crippen LogP contribution in [-0.4, -0.2) is 6.04 Å². The van der Waals surface area contributed by atoms with Gasteiger partial charge in [-0.05, 0) is 65.0 Å². The van der Waals surface area contributed by atoms with Gasteiger partial charge in [0.25, 0.3) is 0 Å². The van der Waals surface area contributed by atoms with E-state index >= 15 is 0 Å². The van der Waals surface area contributed by atoms with Gasteiger partial charge in [-0.25, -0.2) is 0 Å². The van der Waals surface area contributed by atoms with Gasteiger partial charge >= 0.3 is 0 Å². The Morgan fingerprint density at radius 1 is 1.20 bits per heavy atom. The first-order valence-corrected chi connectivity index (χ1v) is 7.95. The molecule has 0 aromatic heterocycles. The van der Waals surface area contributed by atoms with Crippen molar-refractivity contribution in [2.75, 3.05) is 0 Å². The molecule has 1 atom stereocenters. The summed E-state index contributed by atoms with van der Waals surface area (Å²) in [6, 6.07) is 15.1. The van der Waals surface area contributed by atoms with E-state index in [1.807, 2.05) is 12.1 Å². The number of hydrogen-bond donors (Lipinski definition) is 1. The Kier molecular flexibility index (Phi) is 5.64. The fourth-order valence-corrected chi connectivity index (χ4v) is 2.63. The second kappa shape index (κ2) is 7.26. The van der Waals surface area contributed by atoms with Gasteiger partial charge in [-0.1, -0.05) is 41.9 Å². The van der Waals surface area contributed by atoms with E-state index in [0.717, 1.165) is 22.5 Å². The average Bonchev–Trinajstić information content (AvgIpc) is 2.43. The smallest absolute Gasteiger partial charge is 0.0551 e. The first-order chi connectivity index (χ1) is 9.56. The van der Waals surface area contributed by atoms with E-state index in [-0.39, 0.29) is 0 Å². The predicted molar refractivity (Wildman–Crippen MR) is 90.3 cm³/mol. The lowest BCUT2D eigenvalue weighted by atomic mass is 10.0. The van der Waals surface area contributed by atoms with E-state index in [1.54, 1.807) is 0 Å². The number of nitrogens with one attached hydrogen (secondary N) is 1. The largest absolute Gasteiger partial charge is 0.310 e. The van der Waals surface area contributed by atoms with Crippen molar-refractivity contribution in [1.82, 2.24) is 5.32 Å². The lowest BCUT2D eigenvalue weighted by Gasteiger charge is -2.15. The highest BCUT2D eigenvalue weighted by molar-refractivity contribution is 9.10. The van der Waals surface area contributed by atoms with Crippen LogP contribution in [0.3, 0.4) is 0 Å². The summed E-state index contributed by atoms with van der Waals surface area (Å²) in [7, 11) is 0. The summed E-state index contributed by atoms with van der Waals surface area (Å²) in [5.74, 6) is 0.